The maximum atomic E-state index is 12.9. The lowest BCUT2D eigenvalue weighted by Gasteiger charge is -2.23. The van der Waals surface area contributed by atoms with Crippen molar-refractivity contribution in [2.24, 2.45) is 5.92 Å². The number of carbonyl (C=O) groups excluding carboxylic acids is 2. The van der Waals surface area contributed by atoms with Gasteiger partial charge in [-0.05, 0) is 68.3 Å². The molecule has 218 valence electrons. The molecule has 2 aromatic carbocycles. The van der Waals surface area contributed by atoms with Crippen molar-refractivity contribution in [3.8, 4) is 22.2 Å². The van der Waals surface area contributed by atoms with Gasteiger partial charge in [-0.3, -0.25) is 9.69 Å². The molecule has 0 radical (unpaired) electrons. The van der Waals surface area contributed by atoms with Gasteiger partial charge in [-0.2, -0.15) is 13.2 Å². The van der Waals surface area contributed by atoms with E-state index in [1.807, 2.05) is 12.1 Å². The number of rotatable bonds is 7. The highest BCUT2D eigenvalue weighted by molar-refractivity contribution is 7.19. The number of halogens is 3. The van der Waals surface area contributed by atoms with Gasteiger partial charge in [-0.25, -0.2) is 19.7 Å². The van der Waals surface area contributed by atoms with Gasteiger partial charge in [-0.15, -0.1) is 0 Å². The van der Waals surface area contributed by atoms with Gasteiger partial charge in [0.25, 0.3) is 0 Å². The van der Waals surface area contributed by atoms with E-state index in [0.29, 0.717) is 23.8 Å². The van der Waals surface area contributed by atoms with E-state index in [1.54, 1.807) is 37.1 Å². The standard InChI is InChI=1S/C28H25F3N6O4S/c1-27(2,40)21-10-11-37(23(21)38)26-34-15-22(42-26)16-6-8-20(9-7-16)41-25-32-13-19(14-33-25)36-24(39)35-18-5-3-4-17(12-18)28(29,30)31/h3-9,12-15,21,40H,10-11H2,1-2H3,(H2,35,36,39). The largest absolute Gasteiger partial charge is 0.424 e. The zero-order chi connectivity index (χ0) is 30.1. The van der Waals surface area contributed by atoms with Gasteiger partial charge in [0, 0.05) is 18.4 Å². The van der Waals surface area contributed by atoms with Gasteiger partial charge >= 0.3 is 18.2 Å². The molecule has 0 spiro atoms. The summed E-state index contributed by atoms with van der Waals surface area (Å²) in [7, 11) is 0. The second-order valence-electron chi connectivity index (χ2n) is 10.0. The number of aromatic nitrogens is 3. The predicted octanol–water partition coefficient (Wildman–Crippen LogP) is 6.18. The van der Waals surface area contributed by atoms with Gasteiger partial charge < -0.3 is 20.5 Å². The fourth-order valence-electron chi connectivity index (χ4n) is 4.34. The minimum Gasteiger partial charge on any atom is -0.424 e. The highest BCUT2D eigenvalue weighted by Crippen LogP contribution is 2.37. The van der Waals surface area contributed by atoms with E-state index in [1.165, 1.54) is 35.9 Å². The summed E-state index contributed by atoms with van der Waals surface area (Å²) in [5, 5.41) is 15.6. The molecule has 3 amide bonds. The topological polar surface area (TPSA) is 130 Å². The van der Waals surface area contributed by atoms with Crippen molar-refractivity contribution in [1.29, 1.82) is 0 Å². The number of alkyl halides is 3. The Bertz CT molecular complexity index is 1590. The van der Waals surface area contributed by atoms with Gasteiger partial charge in [0.05, 0.1) is 40.0 Å². The third kappa shape index (κ3) is 6.66. The summed E-state index contributed by atoms with van der Waals surface area (Å²) in [5.41, 5.74) is -0.927. The van der Waals surface area contributed by atoms with Crippen LogP contribution in [0.1, 0.15) is 25.8 Å². The molecular formula is C28H25F3N6O4S. The van der Waals surface area contributed by atoms with Crippen LogP contribution in [0.4, 0.5) is 34.5 Å². The number of nitrogens with zero attached hydrogens (tertiary/aromatic N) is 4. The number of carbonyl (C=O) groups is 2. The summed E-state index contributed by atoms with van der Waals surface area (Å²) in [4.78, 5) is 39.9. The van der Waals surface area contributed by atoms with E-state index in [0.717, 1.165) is 22.6 Å². The van der Waals surface area contributed by atoms with Crippen LogP contribution in [0.2, 0.25) is 0 Å². The summed E-state index contributed by atoms with van der Waals surface area (Å²) in [6.45, 7) is 3.78. The van der Waals surface area contributed by atoms with Crippen molar-refractivity contribution < 1.29 is 32.6 Å². The molecule has 1 fully saturated rings. The lowest BCUT2D eigenvalue weighted by atomic mass is 9.90. The number of nitrogens with one attached hydrogen (secondary N) is 2. The number of urea groups is 1. The molecule has 0 saturated carbocycles. The summed E-state index contributed by atoms with van der Waals surface area (Å²) >= 11 is 1.38. The van der Waals surface area contributed by atoms with Gasteiger partial charge in [0.15, 0.2) is 5.13 Å². The summed E-state index contributed by atoms with van der Waals surface area (Å²) in [6.07, 6.45) is 0.321. The first-order valence-corrected chi connectivity index (χ1v) is 13.5. The van der Waals surface area contributed by atoms with Crippen molar-refractivity contribution in [3.63, 3.8) is 0 Å². The van der Waals surface area contributed by atoms with Crippen LogP contribution in [0.25, 0.3) is 10.4 Å². The van der Waals surface area contributed by atoms with Crippen molar-refractivity contribution in [1.82, 2.24) is 15.0 Å². The van der Waals surface area contributed by atoms with E-state index >= 15 is 0 Å². The van der Waals surface area contributed by atoms with E-state index in [-0.39, 0.29) is 23.3 Å². The Morgan fingerprint density at radius 1 is 1.02 bits per heavy atom. The molecule has 4 aromatic rings. The molecular weight excluding hydrogens is 573 g/mol. The van der Waals surface area contributed by atoms with Crippen LogP contribution in [0.3, 0.4) is 0 Å². The SMILES string of the molecule is CC(C)(O)C1CCN(c2ncc(-c3ccc(Oc4ncc(NC(=O)Nc5cccc(C(F)(F)F)c5)cn4)cc3)s2)C1=O. The van der Waals surface area contributed by atoms with E-state index < -0.39 is 29.3 Å². The van der Waals surface area contributed by atoms with Crippen LogP contribution in [-0.4, -0.2) is 44.1 Å². The summed E-state index contributed by atoms with van der Waals surface area (Å²) in [6, 6.07) is 10.6. The number of anilines is 3. The first kappa shape index (κ1) is 29.0. The number of thiazole rings is 1. The number of hydrogen-bond acceptors (Lipinski definition) is 8. The highest BCUT2D eigenvalue weighted by atomic mass is 32.1. The Morgan fingerprint density at radius 3 is 2.36 bits per heavy atom. The normalized spacial score (nSPS) is 15.5. The number of ether oxygens (including phenoxy) is 1. The predicted molar refractivity (Wildman–Crippen MR) is 150 cm³/mol. The lowest BCUT2D eigenvalue weighted by molar-refractivity contribution is -0.137. The molecule has 14 heteroatoms. The molecule has 1 aliphatic rings. The maximum Gasteiger partial charge on any atom is 0.416 e. The first-order chi connectivity index (χ1) is 19.9. The zero-order valence-electron chi connectivity index (χ0n) is 22.3. The maximum absolute atomic E-state index is 12.9. The average molecular weight is 599 g/mol. The molecule has 2 aromatic heterocycles. The zero-order valence-corrected chi connectivity index (χ0v) is 23.2. The van der Waals surface area contributed by atoms with Crippen molar-refractivity contribution in [2.45, 2.75) is 32.0 Å². The molecule has 0 bridgehead atoms. The molecule has 3 N–H and O–H groups in total. The van der Waals surface area contributed by atoms with Crippen LogP contribution in [0.5, 0.6) is 11.8 Å². The number of benzene rings is 2. The third-order valence-corrected chi connectivity index (χ3v) is 7.53. The quantitative estimate of drug-likeness (QED) is 0.232. The molecule has 1 saturated heterocycles. The van der Waals surface area contributed by atoms with E-state index in [9.17, 15) is 27.9 Å². The molecule has 1 aliphatic heterocycles. The van der Waals surface area contributed by atoms with Crippen LogP contribution >= 0.6 is 11.3 Å². The smallest absolute Gasteiger partial charge is 0.416 e. The Hall–Kier alpha value is -4.56. The van der Waals surface area contributed by atoms with Gasteiger partial charge in [0.2, 0.25) is 5.91 Å². The number of hydrogen-bond donors (Lipinski definition) is 3. The van der Waals surface area contributed by atoms with Crippen molar-refractivity contribution >= 4 is 39.8 Å². The molecule has 5 rings (SSSR count). The minimum absolute atomic E-state index is 0.0144. The Kier molecular flexibility index (Phi) is 7.84. The second kappa shape index (κ2) is 11.4. The minimum atomic E-state index is -4.53. The summed E-state index contributed by atoms with van der Waals surface area (Å²) in [5.74, 6) is -0.145. The van der Waals surface area contributed by atoms with E-state index in [2.05, 4.69) is 25.6 Å². The Balaban J connectivity index is 1.16. The molecule has 1 atom stereocenters. The van der Waals surface area contributed by atoms with Crippen LogP contribution in [0, 0.1) is 5.92 Å². The molecule has 3 heterocycles. The number of aliphatic hydroxyl groups is 1. The monoisotopic (exact) mass is 598 g/mol. The molecule has 1 unspecified atom stereocenters. The van der Waals surface area contributed by atoms with Crippen LogP contribution in [0.15, 0.2) is 67.1 Å². The second-order valence-corrected chi connectivity index (χ2v) is 11.0. The van der Waals surface area contributed by atoms with Gasteiger partial charge in [-0.1, -0.05) is 17.4 Å². The third-order valence-electron chi connectivity index (χ3n) is 6.46. The van der Waals surface area contributed by atoms with Crippen LogP contribution in [-0.2, 0) is 11.0 Å². The molecule has 10 nitrogen and oxygen atoms in total. The van der Waals surface area contributed by atoms with Crippen LogP contribution < -0.4 is 20.3 Å². The van der Waals surface area contributed by atoms with Gasteiger partial charge in [0.1, 0.15) is 5.75 Å². The fourth-order valence-corrected chi connectivity index (χ4v) is 5.29. The average Bonchev–Trinajstić information content (AvgIpc) is 3.57. The first-order valence-electron chi connectivity index (χ1n) is 12.7. The van der Waals surface area contributed by atoms with Crippen molar-refractivity contribution in [2.75, 3.05) is 22.1 Å². The number of amides is 3. The fraction of sp³-hybridized carbons (Fsp3) is 0.250. The van der Waals surface area contributed by atoms with Crippen molar-refractivity contribution in [3.05, 3.63) is 72.7 Å². The highest BCUT2D eigenvalue weighted by Gasteiger charge is 2.42. The van der Waals surface area contributed by atoms with E-state index in [4.69, 9.17) is 4.74 Å². The Morgan fingerprint density at radius 2 is 1.71 bits per heavy atom. The lowest BCUT2D eigenvalue weighted by Crippen LogP contribution is -2.38. The molecule has 0 aliphatic carbocycles. The summed E-state index contributed by atoms with van der Waals surface area (Å²) < 4.78 is 44.3. The molecule has 42 heavy (non-hydrogen) atoms. The Labute approximate surface area is 242 Å².